The molecule has 1 aromatic carbocycles. The highest BCUT2D eigenvalue weighted by Gasteiger charge is 2.38. The molecule has 18 heavy (non-hydrogen) atoms. The summed E-state index contributed by atoms with van der Waals surface area (Å²) in [5, 5.41) is 15.5. The van der Waals surface area contributed by atoms with E-state index in [0.717, 1.165) is 5.56 Å². The van der Waals surface area contributed by atoms with Crippen molar-refractivity contribution in [1.82, 2.24) is 0 Å². The largest absolute Gasteiger partial charge is 0.490 e. The first-order chi connectivity index (χ1) is 8.29. The van der Waals surface area contributed by atoms with Gasteiger partial charge >= 0.3 is 12.1 Å². The lowest BCUT2D eigenvalue weighted by Crippen LogP contribution is -2.21. The number of rotatable bonds is 2. The summed E-state index contributed by atoms with van der Waals surface area (Å²) in [5.41, 5.74) is 6.71. The topological polar surface area (TPSA) is 87.1 Å². The Morgan fingerprint density at radius 2 is 1.83 bits per heavy atom. The quantitative estimate of drug-likeness (QED) is 0.853. The van der Waals surface area contributed by atoms with Gasteiger partial charge in [-0.15, -0.1) is 0 Å². The summed E-state index contributed by atoms with van der Waals surface area (Å²) in [6.45, 7) is 0. The van der Waals surface area contributed by atoms with Gasteiger partial charge in [-0.05, 0) is 5.56 Å². The van der Waals surface area contributed by atoms with Crippen LogP contribution in [0.4, 0.5) is 13.2 Å². The highest BCUT2D eigenvalue weighted by atomic mass is 19.4. The Bertz CT molecular complexity index is 413. The Morgan fingerprint density at radius 3 is 2.17 bits per heavy atom. The van der Waals surface area contributed by atoms with Crippen LogP contribution in [0, 0.1) is 11.3 Å². The lowest BCUT2D eigenvalue weighted by molar-refractivity contribution is -0.192. The number of alkyl halides is 3. The van der Waals surface area contributed by atoms with Crippen molar-refractivity contribution in [1.29, 1.82) is 5.26 Å². The zero-order valence-electron chi connectivity index (χ0n) is 9.19. The molecule has 0 heterocycles. The standard InChI is InChI=1S/C9H10N2.C2HF3O2/c10-7-6-9(11)8-4-2-1-3-5-8;3-2(4,5)1(6)7/h1-5,9H,6,11H2;(H,6,7). The van der Waals surface area contributed by atoms with Crippen LogP contribution in [0.3, 0.4) is 0 Å². The van der Waals surface area contributed by atoms with Gasteiger partial charge < -0.3 is 10.8 Å². The predicted molar refractivity (Wildman–Crippen MR) is 57.3 cm³/mol. The van der Waals surface area contributed by atoms with E-state index < -0.39 is 12.1 Å². The lowest BCUT2D eigenvalue weighted by atomic mass is 10.1. The zero-order valence-corrected chi connectivity index (χ0v) is 9.19. The van der Waals surface area contributed by atoms with Crippen LogP contribution in [0.5, 0.6) is 0 Å². The third-order valence-electron chi connectivity index (χ3n) is 1.78. The maximum Gasteiger partial charge on any atom is 0.490 e. The average molecular weight is 260 g/mol. The maximum absolute atomic E-state index is 10.6. The summed E-state index contributed by atoms with van der Waals surface area (Å²) < 4.78 is 31.7. The zero-order chi connectivity index (χ0) is 14.2. The van der Waals surface area contributed by atoms with Gasteiger partial charge in [-0.25, -0.2) is 4.79 Å². The molecule has 0 spiro atoms. The second-order valence-electron chi connectivity index (χ2n) is 3.18. The summed E-state index contributed by atoms with van der Waals surface area (Å²) in [5.74, 6) is -2.76. The van der Waals surface area contributed by atoms with Crippen LogP contribution in [0.2, 0.25) is 0 Å². The fraction of sp³-hybridized carbons (Fsp3) is 0.273. The van der Waals surface area contributed by atoms with Crippen molar-refractivity contribution < 1.29 is 23.1 Å². The van der Waals surface area contributed by atoms with Gasteiger partial charge in [0.15, 0.2) is 0 Å². The number of nitriles is 1. The molecular formula is C11H11F3N2O2. The molecule has 0 bridgehead atoms. The number of halogens is 3. The van der Waals surface area contributed by atoms with E-state index in [0.29, 0.717) is 6.42 Å². The fourth-order valence-electron chi connectivity index (χ4n) is 0.916. The van der Waals surface area contributed by atoms with E-state index in [1.165, 1.54) is 0 Å². The van der Waals surface area contributed by atoms with Gasteiger partial charge in [-0.3, -0.25) is 0 Å². The van der Waals surface area contributed by atoms with Crippen LogP contribution in [0.15, 0.2) is 30.3 Å². The number of benzene rings is 1. The third kappa shape index (κ3) is 6.50. The van der Waals surface area contributed by atoms with Gasteiger partial charge in [-0.1, -0.05) is 30.3 Å². The first-order valence-corrected chi connectivity index (χ1v) is 4.76. The highest BCUT2D eigenvalue weighted by molar-refractivity contribution is 5.73. The van der Waals surface area contributed by atoms with E-state index in [-0.39, 0.29) is 6.04 Å². The number of aliphatic carboxylic acids is 1. The molecule has 0 aliphatic heterocycles. The monoisotopic (exact) mass is 260 g/mol. The van der Waals surface area contributed by atoms with Crippen molar-refractivity contribution >= 4 is 5.97 Å². The molecule has 0 aliphatic carbocycles. The minimum atomic E-state index is -5.08. The number of carboxylic acids is 1. The third-order valence-corrected chi connectivity index (χ3v) is 1.78. The lowest BCUT2D eigenvalue weighted by Gasteiger charge is -2.05. The van der Waals surface area contributed by atoms with Crippen LogP contribution < -0.4 is 5.73 Å². The molecule has 98 valence electrons. The Labute approximate surface area is 101 Å². The van der Waals surface area contributed by atoms with E-state index in [1.807, 2.05) is 36.4 Å². The van der Waals surface area contributed by atoms with Crippen LogP contribution >= 0.6 is 0 Å². The van der Waals surface area contributed by atoms with E-state index in [9.17, 15) is 13.2 Å². The van der Waals surface area contributed by atoms with Crippen molar-refractivity contribution in [3.8, 4) is 6.07 Å². The van der Waals surface area contributed by atoms with Crippen molar-refractivity contribution in [2.45, 2.75) is 18.6 Å². The molecule has 1 rings (SSSR count). The van der Waals surface area contributed by atoms with Crippen LogP contribution in [0.1, 0.15) is 18.0 Å². The first-order valence-electron chi connectivity index (χ1n) is 4.76. The smallest absolute Gasteiger partial charge is 0.475 e. The van der Waals surface area contributed by atoms with Crippen LogP contribution in [0.25, 0.3) is 0 Å². The summed E-state index contributed by atoms with van der Waals surface area (Å²) in [6, 6.07) is 11.5. The van der Waals surface area contributed by atoms with Crippen molar-refractivity contribution in [2.75, 3.05) is 0 Å². The number of hydrogen-bond donors (Lipinski definition) is 2. The number of carboxylic acid groups (broad SMARTS) is 1. The molecule has 0 saturated carbocycles. The normalized spacial score (nSPS) is 11.7. The summed E-state index contributed by atoms with van der Waals surface area (Å²) in [6.07, 6.45) is -4.70. The predicted octanol–water partition coefficient (Wildman–Crippen LogP) is 2.23. The molecule has 4 nitrogen and oxygen atoms in total. The molecule has 1 unspecified atom stereocenters. The Hall–Kier alpha value is -2.07. The molecule has 0 aromatic heterocycles. The molecule has 0 saturated heterocycles. The number of nitrogens with two attached hydrogens (primary N) is 1. The highest BCUT2D eigenvalue weighted by Crippen LogP contribution is 2.13. The van der Waals surface area contributed by atoms with Crippen molar-refractivity contribution in [3.05, 3.63) is 35.9 Å². The minimum Gasteiger partial charge on any atom is -0.475 e. The van der Waals surface area contributed by atoms with Gasteiger partial charge in [0.25, 0.3) is 0 Å². The minimum absolute atomic E-state index is 0.138. The van der Waals surface area contributed by atoms with Gasteiger partial charge in [0, 0.05) is 6.04 Å². The molecule has 0 fully saturated rings. The molecular weight excluding hydrogens is 249 g/mol. The molecule has 1 aromatic rings. The SMILES string of the molecule is N#CCC(N)c1ccccc1.O=C(O)C(F)(F)F. The molecule has 0 amide bonds. The average Bonchev–Trinajstić information content (AvgIpc) is 2.30. The molecule has 3 N–H and O–H groups in total. The van der Waals surface area contributed by atoms with E-state index in [2.05, 4.69) is 0 Å². The van der Waals surface area contributed by atoms with Crippen LogP contribution in [-0.2, 0) is 4.79 Å². The van der Waals surface area contributed by atoms with E-state index in [4.69, 9.17) is 20.9 Å². The second-order valence-corrected chi connectivity index (χ2v) is 3.18. The Morgan fingerprint density at radius 1 is 1.39 bits per heavy atom. The second kappa shape index (κ2) is 7.29. The number of nitrogens with zero attached hydrogens (tertiary/aromatic N) is 1. The molecule has 0 radical (unpaired) electrons. The summed E-state index contributed by atoms with van der Waals surface area (Å²) in [4.78, 5) is 8.90. The number of hydrogen-bond acceptors (Lipinski definition) is 3. The maximum atomic E-state index is 10.6. The molecule has 0 aliphatic rings. The summed E-state index contributed by atoms with van der Waals surface area (Å²) in [7, 11) is 0. The Kier molecular flexibility index (Phi) is 6.45. The first kappa shape index (κ1) is 15.9. The summed E-state index contributed by atoms with van der Waals surface area (Å²) >= 11 is 0. The molecule has 7 heteroatoms. The Balaban J connectivity index is 0.000000360. The fourth-order valence-corrected chi connectivity index (χ4v) is 0.916. The van der Waals surface area contributed by atoms with Gasteiger partial charge in [-0.2, -0.15) is 18.4 Å². The van der Waals surface area contributed by atoms with Gasteiger partial charge in [0.1, 0.15) is 0 Å². The van der Waals surface area contributed by atoms with Crippen molar-refractivity contribution in [2.24, 2.45) is 5.73 Å². The van der Waals surface area contributed by atoms with Gasteiger partial charge in [0.2, 0.25) is 0 Å². The molecule has 1 atom stereocenters. The van der Waals surface area contributed by atoms with E-state index >= 15 is 0 Å². The van der Waals surface area contributed by atoms with Crippen LogP contribution in [-0.4, -0.2) is 17.3 Å². The van der Waals surface area contributed by atoms with Crippen molar-refractivity contribution in [3.63, 3.8) is 0 Å². The number of carbonyl (C=O) groups is 1. The van der Waals surface area contributed by atoms with Gasteiger partial charge in [0.05, 0.1) is 12.5 Å². The van der Waals surface area contributed by atoms with E-state index in [1.54, 1.807) is 0 Å².